The molecule has 38 heteroatoms. The number of nitrogens with one attached hydrogen (secondary N) is 7. The molecule has 0 radical (unpaired) electrons. The third-order valence-electron chi connectivity index (χ3n) is 19.4. The number of carbonyl (C=O) groups excluding carboxylic acids is 7. The summed E-state index contributed by atoms with van der Waals surface area (Å²) >= 11 is 15.2. The molecule has 2 saturated heterocycles. The number of hydrogen-bond donors (Lipinski definition) is 18. The summed E-state index contributed by atoms with van der Waals surface area (Å²) in [6.07, 6.45) is -18.4. The van der Waals surface area contributed by atoms with Crippen LogP contribution in [0.15, 0.2) is 119 Å². The lowest BCUT2D eigenvalue weighted by Gasteiger charge is -2.47. The maximum Gasteiger partial charge on any atom is 0.330 e. The molecular formula is C74H79Cl2N11O24S. The molecule has 7 amide bonds. The fourth-order valence-electron chi connectivity index (χ4n) is 13.6. The zero-order valence-corrected chi connectivity index (χ0v) is 62.3. The maximum absolute atomic E-state index is 16.2. The predicted molar refractivity (Wildman–Crippen MR) is 393 cm³/mol. The van der Waals surface area contributed by atoms with E-state index in [1.165, 1.54) is 33.0 Å². The summed E-state index contributed by atoms with van der Waals surface area (Å²) < 4.78 is 45.6. The SMILES string of the molecule is CN[C@H](CC(C)C)C(=O)N[C@H]1C(=O)N[C@@H](CC(N)=O)C(=O)N[C@H]2C(=O)N[C@H]3C(=O)N[C@H](C(=O)N[C@@H](C(=O)O)c4cc(O)cc(O)c4-c4cc3ccc4O)[C@H](O)c3ccc(c(Cl)c3)Oc3cc2cc(c3OC2OC(CSc3nnc(-c4ccccc4)o3)C(O)C(O)C2OC2CC(C)(N)C(O)C(C)O2)Oc2ccc(cc2Cl)[C@H]1O. The van der Waals surface area contributed by atoms with Gasteiger partial charge in [-0.25, -0.2) is 4.79 Å². The highest BCUT2D eigenvalue weighted by molar-refractivity contribution is 7.99. The Kier molecular flexibility index (Phi) is 24.2. The zero-order valence-electron chi connectivity index (χ0n) is 60.0. The van der Waals surface area contributed by atoms with Crippen LogP contribution in [0.2, 0.25) is 10.0 Å². The summed E-state index contributed by atoms with van der Waals surface area (Å²) in [6.45, 7) is 6.68. The lowest BCUT2D eigenvalue weighted by atomic mass is 9.86. The molecule has 0 spiro atoms. The molecule has 112 heavy (non-hydrogen) atoms. The van der Waals surface area contributed by atoms with Crippen LogP contribution in [0.4, 0.5) is 0 Å². The lowest BCUT2D eigenvalue weighted by molar-refractivity contribution is -0.329. The van der Waals surface area contributed by atoms with Gasteiger partial charge >= 0.3 is 5.97 Å². The maximum atomic E-state index is 16.2. The molecule has 1 aromatic heterocycles. The van der Waals surface area contributed by atoms with Crippen molar-refractivity contribution in [1.29, 1.82) is 0 Å². The molecular weight excluding hydrogens is 1530 g/mol. The Morgan fingerprint density at radius 2 is 1.35 bits per heavy atom. The number of aromatic nitrogens is 2. The summed E-state index contributed by atoms with van der Waals surface area (Å²) in [5.74, 6) is -16.1. The number of amides is 7. The minimum atomic E-state index is -2.36. The normalized spacial score (nSPS) is 27.7. The molecule has 594 valence electrons. The van der Waals surface area contributed by atoms with Crippen LogP contribution in [-0.2, 0) is 52.6 Å². The number of aliphatic hydroxyl groups is 5. The standard InChI is InChI=1S/C74H79Cl2N11O24S/c1-28(2)17-40(79-5)64(97)84-55-57(92)32-12-15-44(38(75)19-32)106-46-21-34-22-47(61(46)110-72-62(109-50-26-74(4,78)63(96)29(3)105-50)60(95)59(94)48(108-72)27-112-73-87-86-70(111-73)30-9-7-6-8-10-30)107-45-16-13-33(20-39(45)76)58(93)56-69(102)83-54(71(103)104)37-23-35(88)24-43(90)51(37)36-18-31(11-14-42(36)89)52(66(99)85-56)82-67(100)53(34)81-65(98)41(25-49(77)91)80-68(55)101/h6-16,18-24,28-29,40-41,48,50,52-60,62-63,72,79,88-90,92-96H,17,25-27,78H2,1-5H3,(H2,77,91)(H,80,101)(H,81,98)(H,82,100)(H,83,102)(H,84,97)(H,85,99)(H,103,104)/t29?,40-,41+,48?,50?,52-,53-,54-,55-,56+,57-,58-,59?,60?,62?,63?,72?,74?/m1/s1. The number of phenols is 3. The van der Waals surface area contributed by atoms with Crippen LogP contribution in [-0.4, -0.2) is 195 Å². The molecule has 14 rings (SSSR count). The first-order valence-corrected chi connectivity index (χ1v) is 36.8. The second kappa shape index (κ2) is 33.5. The number of carbonyl (C=O) groups is 8. The van der Waals surface area contributed by atoms with Crippen molar-refractivity contribution in [2.45, 2.75) is 161 Å². The smallest absolute Gasteiger partial charge is 0.330 e. The quantitative estimate of drug-likeness (QED) is 0.0618. The van der Waals surface area contributed by atoms with Crippen LogP contribution in [0.5, 0.6) is 46.0 Å². The van der Waals surface area contributed by atoms with Crippen molar-refractivity contribution in [3.05, 3.63) is 147 Å². The van der Waals surface area contributed by atoms with E-state index in [0.717, 1.165) is 78.5 Å². The van der Waals surface area contributed by atoms with E-state index < -0.39 is 231 Å². The molecule has 7 aliphatic rings. The van der Waals surface area contributed by atoms with Gasteiger partial charge in [-0.3, -0.25) is 33.6 Å². The molecule has 9 unspecified atom stereocenters. The Hall–Kier alpha value is -10.5. The van der Waals surface area contributed by atoms with E-state index in [-0.39, 0.29) is 63.1 Å². The molecule has 7 aromatic rings. The third-order valence-corrected chi connectivity index (χ3v) is 20.9. The van der Waals surface area contributed by atoms with Gasteiger partial charge in [0.2, 0.25) is 59.3 Å². The summed E-state index contributed by atoms with van der Waals surface area (Å²) in [7, 11) is 1.48. The first kappa shape index (κ1) is 81.1. The van der Waals surface area contributed by atoms with E-state index in [9.17, 15) is 69.9 Å². The van der Waals surface area contributed by atoms with Gasteiger partial charge in [-0.1, -0.05) is 85.2 Å². The first-order valence-electron chi connectivity index (χ1n) is 35.0. The van der Waals surface area contributed by atoms with E-state index in [0.29, 0.717) is 5.56 Å². The number of thioether (sulfide) groups is 1. The molecule has 35 nitrogen and oxygen atoms in total. The monoisotopic (exact) mass is 1610 g/mol. The van der Waals surface area contributed by atoms with E-state index in [2.05, 4.69) is 47.4 Å². The number of carboxylic acids is 1. The number of aromatic hydroxyl groups is 3. The summed E-state index contributed by atoms with van der Waals surface area (Å²) in [5.41, 5.74) is 8.74. The van der Waals surface area contributed by atoms with Gasteiger partial charge < -0.3 is 127 Å². The minimum absolute atomic E-state index is 0.0130. The Bertz CT molecular complexity index is 4790. The van der Waals surface area contributed by atoms with Gasteiger partial charge in [0, 0.05) is 46.0 Å². The minimum Gasteiger partial charge on any atom is -0.508 e. The van der Waals surface area contributed by atoms with Crippen LogP contribution in [0.25, 0.3) is 22.6 Å². The molecule has 2 fully saturated rings. The van der Waals surface area contributed by atoms with Gasteiger partial charge in [0.1, 0.15) is 83.4 Å². The van der Waals surface area contributed by atoms with E-state index in [4.69, 9.17) is 67.5 Å². The Labute approximate surface area is 650 Å². The lowest BCUT2D eigenvalue weighted by Crippen LogP contribution is -2.64. The summed E-state index contributed by atoms with van der Waals surface area (Å²) in [6, 6.07) is 8.20. The van der Waals surface area contributed by atoms with Crippen molar-refractivity contribution >= 4 is 82.3 Å². The van der Waals surface area contributed by atoms with Crippen LogP contribution in [0.3, 0.4) is 0 Å². The Morgan fingerprint density at radius 1 is 0.714 bits per heavy atom. The number of ether oxygens (including phenoxy) is 6. The summed E-state index contributed by atoms with van der Waals surface area (Å²) in [4.78, 5) is 118. The van der Waals surface area contributed by atoms with Gasteiger partial charge in [0.25, 0.3) is 5.22 Å². The van der Waals surface area contributed by atoms with Gasteiger partial charge in [0.05, 0.1) is 40.8 Å². The molecule has 7 aliphatic heterocycles. The number of primary amides is 1. The number of nitrogens with two attached hydrogens (primary N) is 2. The molecule has 11 bridgehead atoms. The van der Waals surface area contributed by atoms with Crippen LogP contribution in [0, 0.1) is 5.92 Å². The van der Waals surface area contributed by atoms with Crippen LogP contribution < -0.4 is 62.9 Å². The number of phenolic OH excluding ortho intramolecular Hbond substituents is 3. The Morgan fingerprint density at radius 3 is 1.97 bits per heavy atom. The fraction of sp³-hybridized carbons (Fsp3) is 0.378. The van der Waals surface area contributed by atoms with Crippen LogP contribution in [0.1, 0.15) is 105 Å². The third kappa shape index (κ3) is 17.4. The number of rotatable bonds is 16. The van der Waals surface area contributed by atoms with E-state index >= 15 is 14.4 Å². The largest absolute Gasteiger partial charge is 0.508 e. The van der Waals surface area contributed by atoms with Crippen molar-refractivity contribution in [3.8, 4) is 68.6 Å². The number of halogens is 2. The first-order chi connectivity index (χ1) is 53.1. The topological polar surface area (TPSA) is 549 Å². The number of nitrogens with zero attached hydrogens (tertiary/aromatic N) is 2. The number of carboxylic acid groups (broad SMARTS) is 1. The van der Waals surface area contributed by atoms with E-state index in [1.807, 2.05) is 13.8 Å². The number of likely N-dealkylation sites (N-methyl/N-ethyl adjacent to an activating group) is 1. The van der Waals surface area contributed by atoms with Gasteiger partial charge in [0.15, 0.2) is 29.9 Å². The molecule has 20 N–H and O–H groups in total. The second-order valence-corrected chi connectivity index (χ2v) is 29.9. The number of hydrogen-bond acceptors (Lipinski definition) is 28. The number of benzene rings is 6. The number of aliphatic hydroxyl groups excluding tert-OH is 5. The summed E-state index contributed by atoms with van der Waals surface area (Å²) in [5, 5.41) is 130. The molecule has 8 heterocycles. The molecule has 0 aliphatic carbocycles. The molecule has 0 saturated carbocycles. The van der Waals surface area contributed by atoms with E-state index in [1.54, 1.807) is 30.3 Å². The number of aliphatic carboxylic acids is 1. The van der Waals surface area contributed by atoms with Crippen molar-refractivity contribution in [3.63, 3.8) is 0 Å². The van der Waals surface area contributed by atoms with Crippen molar-refractivity contribution < 1.29 is 117 Å². The van der Waals surface area contributed by atoms with Crippen LogP contribution >= 0.6 is 35.0 Å². The highest BCUT2D eigenvalue weighted by Crippen LogP contribution is 2.50. The highest BCUT2D eigenvalue weighted by atomic mass is 35.5. The fourth-order valence-corrected chi connectivity index (χ4v) is 14.9. The average molecular weight is 1610 g/mol. The second-order valence-electron chi connectivity index (χ2n) is 28.1. The van der Waals surface area contributed by atoms with Gasteiger partial charge in [-0.05, 0) is 122 Å². The zero-order chi connectivity index (χ0) is 80.6. The highest BCUT2D eigenvalue weighted by Gasteiger charge is 2.52. The average Bonchev–Trinajstić information content (AvgIpc) is 0.766. The van der Waals surface area contributed by atoms with Crippen molar-refractivity contribution in [2.24, 2.45) is 17.4 Å². The molecule has 6 aromatic carbocycles. The van der Waals surface area contributed by atoms with Crippen molar-refractivity contribution in [1.82, 2.24) is 47.4 Å². The number of fused-ring (bicyclic) bond motifs is 15. The predicted octanol–water partition coefficient (Wildman–Crippen LogP) is 2.96. The van der Waals surface area contributed by atoms with Crippen molar-refractivity contribution in [2.75, 3.05) is 12.8 Å². The van der Waals surface area contributed by atoms with Gasteiger partial charge in [-0.2, -0.15) is 0 Å². The Balaban J connectivity index is 1.08. The van der Waals surface area contributed by atoms with Gasteiger partial charge in [-0.15, -0.1) is 10.2 Å². The molecule has 18 atom stereocenters.